The molecule has 0 radical (unpaired) electrons. The third-order valence-corrected chi connectivity index (χ3v) is 3.44. The van der Waals surface area contributed by atoms with Crippen LogP contribution >= 0.6 is 0 Å². The molecular weight excluding hydrogens is 238 g/mol. The fourth-order valence-electron chi connectivity index (χ4n) is 2.25. The molecule has 0 amide bonds. The van der Waals surface area contributed by atoms with Gasteiger partial charge in [0.2, 0.25) is 0 Å². The smallest absolute Gasteiger partial charge is 0.307 e. The van der Waals surface area contributed by atoms with Crippen molar-refractivity contribution in [3.8, 4) is 0 Å². The van der Waals surface area contributed by atoms with Gasteiger partial charge in [-0.2, -0.15) is 0 Å². The average Bonchev–Trinajstić information content (AvgIpc) is 2.28. The van der Waals surface area contributed by atoms with Gasteiger partial charge in [-0.05, 0) is 31.0 Å². The molecule has 3 nitrogen and oxygen atoms in total. The zero-order valence-corrected chi connectivity index (χ0v) is 12.4. The molecule has 0 aliphatic heterocycles. The molecule has 1 unspecified atom stereocenters. The van der Waals surface area contributed by atoms with Gasteiger partial charge in [-0.15, -0.1) is 0 Å². The number of rotatable bonds is 6. The van der Waals surface area contributed by atoms with Crippen LogP contribution in [0.15, 0.2) is 30.3 Å². The Morgan fingerprint density at radius 1 is 1.26 bits per heavy atom. The zero-order chi connectivity index (χ0) is 14.5. The van der Waals surface area contributed by atoms with Gasteiger partial charge in [-0.25, -0.2) is 0 Å². The minimum Gasteiger partial charge on any atom is -0.481 e. The molecule has 0 aromatic heterocycles. The van der Waals surface area contributed by atoms with Gasteiger partial charge in [0.25, 0.3) is 0 Å². The van der Waals surface area contributed by atoms with Gasteiger partial charge in [0.1, 0.15) is 0 Å². The van der Waals surface area contributed by atoms with Crippen molar-refractivity contribution in [3.05, 3.63) is 35.9 Å². The highest BCUT2D eigenvalue weighted by Crippen LogP contribution is 2.29. The highest BCUT2D eigenvalue weighted by molar-refractivity contribution is 5.70. The summed E-state index contributed by atoms with van der Waals surface area (Å²) in [7, 11) is 2.04. The molecule has 0 heterocycles. The van der Waals surface area contributed by atoms with Crippen molar-refractivity contribution in [3.63, 3.8) is 0 Å². The van der Waals surface area contributed by atoms with Crippen LogP contribution in [0, 0.1) is 11.3 Å². The van der Waals surface area contributed by atoms with Crippen molar-refractivity contribution >= 4 is 5.97 Å². The predicted molar refractivity (Wildman–Crippen MR) is 78.0 cm³/mol. The lowest BCUT2D eigenvalue weighted by atomic mass is 9.79. The van der Waals surface area contributed by atoms with E-state index in [9.17, 15) is 9.90 Å². The molecule has 0 aliphatic rings. The first kappa shape index (κ1) is 15.7. The van der Waals surface area contributed by atoms with Crippen molar-refractivity contribution in [1.29, 1.82) is 0 Å². The molecule has 0 bridgehead atoms. The van der Waals surface area contributed by atoms with Crippen LogP contribution in [0.4, 0.5) is 0 Å². The maximum absolute atomic E-state index is 11.3. The van der Waals surface area contributed by atoms with Crippen LogP contribution < -0.4 is 0 Å². The van der Waals surface area contributed by atoms with Gasteiger partial charge < -0.3 is 10.0 Å². The number of nitrogens with zero attached hydrogens (tertiary/aromatic N) is 1. The second kappa shape index (κ2) is 6.71. The molecule has 19 heavy (non-hydrogen) atoms. The van der Waals surface area contributed by atoms with Crippen LogP contribution in [0.3, 0.4) is 0 Å². The maximum atomic E-state index is 11.3. The summed E-state index contributed by atoms with van der Waals surface area (Å²) >= 11 is 0. The van der Waals surface area contributed by atoms with E-state index in [-0.39, 0.29) is 11.3 Å². The molecule has 1 aromatic rings. The topological polar surface area (TPSA) is 40.5 Å². The first-order valence-electron chi connectivity index (χ1n) is 6.76. The van der Waals surface area contributed by atoms with E-state index in [0.717, 1.165) is 13.1 Å². The van der Waals surface area contributed by atoms with E-state index in [4.69, 9.17) is 0 Å². The Morgan fingerprint density at radius 3 is 2.32 bits per heavy atom. The lowest BCUT2D eigenvalue weighted by Crippen LogP contribution is -2.32. The Morgan fingerprint density at radius 2 is 1.84 bits per heavy atom. The van der Waals surface area contributed by atoms with Crippen molar-refractivity contribution in [2.75, 3.05) is 13.6 Å². The van der Waals surface area contributed by atoms with E-state index in [1.165, 1.54) is 5.56 Å². The highest BCUT2D eigenvalue weighted by Gasteiger charge is 2.30. The van der Waals surface area contributed by atoms with E-state index >= 15 is 0 Å². The van der Waals surface area contributed by atoms with Crippen molar-refractivity contribution in [2.24, 2.45) is 11.3 Å². The minimum absolute atomic E-state index is 0.195. The predicted octanol–water partition coefficient (Wildman–Crippen LogP) is 3.26. The van der Waals surface area contributed by atoms with Gasteiger partial charge in [-0.1, -0.05) is 51.1 Å². The molecule has 0 saturated carbocycles. The highest BCUT2D eigenvalue weighted by atomic mass is 16.4. The number of hydrogen-bond acceptors (Lipinski definition) is 2. The third kappa shape index (κ3) is 5.43. The van der Waals surface area contributed by atoms with Crippen molar-refractivity contribution in [2.45, 2.75) is 33.7 Å². The average molecular weight is 263 g/mol. The maximum Gasteiger partial charge on any atom is 0.307 e. The summed E-state index contributed by atoms with van der Waals surface area (Å²) in [6.45, 7) is 7.62. The fraction of sp³-hybridized carbons (Fsp3) is 0.562. The van der Waals surface area contributed by atoms with Gasteiger partial charge in [0, 0.05) is 6.54 Å². The molecule has 3 heteroatoms. The van der Waals surface area contributed by atoms with E-state index in [0.29, 0.717) is 6.42 Å². The number of benzene rings is 1. The molecule has 1 atom stereocenters. The molecule has 1 aromatic carbocycles. The quantitative estimate of drug-likeness (QED) is 0.856. The second-order valence-electron chi connectivity index (χ2n) is 6.27. The monoisotopic (exact) mass is 263 g/mol. The normalized spacial score (nSPS) is 13.5. The summed E-state index contributed by atoms with van der Waals surface area (Å²) < 4.78 is 0. The number of hydrogen-bond donors (Lipinski definition) is 1. The molecule has 0 fully saturated rings. The SMILES string of the molecule is CN(CCC(C(=O)O)C(C)(C)C)Cc1ccccc1. The lowest BCUT2D eigenvalue weighted by Gasteiger charge is -2.28. The van der Waals surface area contributed by atoms with Gasteiger partial charge in [0.15, 0.2) is 0 Å². The van der Waals surface area contributed by atoms with Gasteiger partial charge in [-0.3, -0.25) is 4.79 Å². The summed E-state index contributed by atoms with van der Waals surface area (Å²) in [4.78, 5) is 13.5. The summed E-state index contributed by atoms with van der Waals surface area (Å²) in [5, 5.41) is 9.29. The fourth-order valence-corrected chi connectivity index (χ4v) is 2.25. The molecular formula is C16H25NO2. The Labute approximate surface area is 116 Å². The van der Waals surface area contributed by atoms with Crippen LogP contribution in [-0.2, 0) is 11.3 Å². The zero-order valence-electron chi connectivity index (χ0n) is 12.4. The number of carboxylic acids is 1. The second-order valence-corrected chi connectivity index (χ2v) is 6.27. The Hall–Kier alpha value is -1.35. The summed E-state index contributed by atoms with van der Waals surface area (Å²) in [6.07, 6.45) is 0.683. The van der Waals surface area contributed by atoms with Gasteiger partial charge >= 0.3 is 5.97 Å². The van der Waals surface area contributed by atoms with Gasteiger partial charge in [0.05, 0.1) is 5.92 Å². The molecule has 1 N–H and O–H groups in total. The number of aliphatic carboxylic acids is 1. The van der Waals surface area contributed by atoms with E-state index in [1.54, 1.807) is 0 Å². The molecule has 0 aliphatic carbocycles. The molecule has 0 spiro atoms. The molecule has 0 saturated heterocycles. The van der Waals surface area contributed by atoms with E-state index in [1.807, 2.05) is 46.0 Å². The Kier molecular flexibility index (Phi) is 5.55. The summed E-state index contributed by atoms with van der Waals surface area (Å²) in [6, 6.07) is 10.2. The van der Waals surface area contributed by atoms with E-state index in [2.05, 4.69) is 17.0 Å². The van der Waals surface area contributed by atoms with Crippen LogP contribution in [-0.4, -0.2) is 29.6 Å². The third-order valence-electron chi connectivity index (χ3n) is 3.44. The Bertz CT molecular complexity index is 395. The first-order chi connectivity index (χ1) is 8.80. The number of carboxylic acid groups (broad SMARTS) is 1. The van der Waals surface area contributed by atoms with Crippen molar-refractivity contribution < 1.29 is 9.90 Å². The minimum atomic E-state index is -0.694. The largest absolute Gasteiger partial charge is 0.481 e. The molecule has 1 rings (SSSR count). The van der Waals surface area contributed by atoms with Crippen LogP contribution in [0.1, 0.15) is 32.8 Å². The lowest BCUT2D eigenvalue weighted by molar-refractivity contribution is -0.145. The van der Waals surface area contributed by atoms with Crippen LogP contribution in [0.25, 0.3) is 0 Å². The van der Waals surface area contributed by atoms with Crippen LogP contribution in [0.5, 0.6) is 0 Å². The van der Waals surface area contributed by atoms with E-state index < -0.39 is 5.97 Å². The number of carbonyl (C=O) groups is 1. The Balaban J connectivity index is 2.49. The standard InChI is InChI=1S/C16H25NO2/c1-16(2,3)14(15(18)19)10-11-17(4)12-13-8-6-5-7-9-13/h5-9,14H,10-12H2,1-4H3,(H,18,19). The first-order valence-corrected chi connectivity index (χ1v) is 6.76. The summed E-state index contributed by atoms with van der Waals surface area (Å²) in [5.74, 6) is -0.994. The van der Waals surface area contributed by atoms with Crippen molar-refractivity contribution in [1.82, 2.24) is 4.90 Å². The van der Waals surface area contributed by atoms with Crippen LogP contribution in [0.2, 0.25) is 0 Å². The summed E-state index contributed by atoms with van der Waals surface area (Å²) in [5.41, 5.74) is 1.06. The molecule has 106 valence electrons.